The Bertz CT molecular complexity index is 462. The maximum Gasteiger partial charge on any atom is 0.303 e. The standard InChI is InChI=1S/C14H18O7/c1-9(16)19-12-11(5-7-15)21-14(6-3-4-8-18-14)13(12)20-10(2)17/h5,7,12-13H,3-4,6,8H2,1-2H3/b11-5+/t12-,13-,14+/m0/s1. The predicted octanol–water partition coefficient (Wildman–Crippen LogP) is 0.860. The summed E-state index contributed by atoms with van der Waals surface area (Å²) in [5.74, 6) is -2.17. The molecule has 0 N–H and O–H groups in total. The molecule has 1 spiro atoms. The summed E-state index contributed by atoms with van der Waals surface area (Å²) in [6, 6.07) is 0. The van der Waals surface area contributed by atoms with Crippen LogP contribution in [0.5, 0.6) is 0 Å². The van der Waals surface area contributed by atoms with Crippen molar-refractivity contribution in [3.05, 3.63) is 11.8 Å². The van der Waals surface area contributed by atoms with Crippen molar-refractivity contribution in [1.82, 2.24) is 0 Å². The van der Waals surface area contributed by atoms with Gasteiger partial charge in [-0.05, 0) is 12.8 Å². The predicted molar refractivity (Wildman–Crippen MR) is 68.9 cm³/mol. The van der Waals surface area contributed by atoms with Gasteiger partial charge in [-0.1, -0.05) is 0 Å². The summed E-state index contributed by atoms with van der Waals surface area (Å²) < 4.78 is 21.8. The smallest absolute Gasteiger partial charge is 0.303 e. The van der Waals surface area contributed by atoms with Crippen molar-refractivity contribution in [1.29, 1.82) is 0 Å². The van der Waals surface area contributed by atoms with Crippen molar-refractivity contribution in [2.45, 2.75) is 51.1 Å². The van der Waals surface area contributed by atoms with Crippen molar-refractivity contribution in [2.24, 2.45) is 0 Å². The fraction of sp³-hybridized carbons (Fsp3) is 0.643. The molecule has 0 radical (unpaired) electrons. The number of hydrogen-bond acceptors (Lipinski definition) is 7. The van der Waals surface area contributed by atoms with Gasteiger partial charge in [0.05, 0.1) is 6.61 Å². The summed E-state index contributed by atoms with van der Waals surface area (Å²) in [6.07, 6.45) is 1.94. The average molecular weight is 298 g/mol. The fourth-order valence-electron chi connectivity index (χ4n) is 2.62. The van der Waals surface area contributed by atoms with Crippen LogP contribution in [-0.4, -0.2) is 42.8 Å². The summed E-state index contributed by atoms with van der Waals surface area (Å²) in [4.78, 5) is 33.4. The van der Waals surface area contributed by atoms with E-state index in [0.29, 0.717) is 19.3 Å². The van der Waals surface area contributed by atoms with E-state index in [1.54, 1.807) is 0 Å². The zero-order chi connectivity index (χ0) is 15.5. The van der Waals surface area contributed by atoms with Crippen molar-refractivity contribution < 1.29 is 33.3 Å². The molecular weight excluding hydrogens is 280 g/mol. The summed E-state index contributed by atoms with van der Waals surface area (Å²) in [6.45, 7) is 2.93. The molecule has 3 atom stereocenters. The van der Waals surface area contributed by atoms with Crippen molar-refractivity contribution in [3.8, 4) is 0 Å². The zero-order valence-corrected chi connectivity index (χ0v) is 12.0. The number of rotatable bonds is 3. The molecule has 21 heavy (non-hydrogen) atoms. The minimum Gasteiger partial charge on any atom is -0.458 e. The molecule has 2 heterocycles. The second-order valence-corrected chi connectivity index (χ2v) is 4.98. The van der Waals surface area contributed by atoms with Gasteiger partial charge >= 0.3 is 11.9 Å². The van der Waals surface area contributed by atoms with Gasteiger partial charge in [0.25, 0.3) is 5.79 Å². The molecule has 0 saturated carbocycles. The highest BCUT2D eigenvalue weighted by molar-refractivity contribution is 5.69. The highest BCUT2D eigenvalue weighted by Crippen LogP contribution is 2.43. The first-order chi connectivity index (χ1) is 9.98. The SMILES string of the molecule is CC(=O)O[C@H]1/C(=C\C=O)O[C@]2(CCCCO2)[C@H]1OC(C)=O. The van der Waals surface area contributed by atoms with Crippen molar-refractivity contribution in [2.75, 3.05) is 6.61 Å². The van der Waals surface area contributed by atoms with Crippen molar-refractivity contribution >= 4 is 18.2 Å². The number of carbonyl (C=O) groups excluding carboxylic acids is 3. The fourth-order valence-corrected chi connectivity index (χ4v) is 2.62. The van der Waals surface area contributed by atoms with Gasteiger partial charge in [-0.25, -0.2) is 0 Å². The first kappa shape index (κ1) is 15.5. The molecule has 7 nitrogen and oxygen atoms in total. The lowest BCUT2D eigenvalue weighted by atomic mass is 9.98. The average Bonchev–Trinajstić information content (AvgIpc) is 2.65. The molecule has 0 bridgehead atoms. The van der Waals surface area contributed by atoms with Gasteiger partial charge in [0.2, 0.25) is 12.2 Å². The third kappa shape index (κ3) is 3.24. The second-order valence-electron chi connectivity index (χ2n) is 4.98. The summed E-state index contributed by atoms with van der Waals surface area (Å²) in [5, 5.41) is 0. The monoisotopic (exact) mass is 298 g/mol. The molecule has 0 aromatic carbocycles. The van der Waals surface area contributed by atoms with Crippen LogP contribution in [0.1, 0.15) is 33.1 Å². The molecular formula is C14H18O7. The summed E-state index contributed by atoms with van der Waals surface area (Å²) >= 11 is 0. The number of hydrogen-bond donors (Lipinski definition) is 0. The van der Waals surface area contributed by atoms with Gasteiger partial charge in [0.15, 0.2) is 0 Å². The van der Waals surface area contributed by atoms with E-state index in [0.717, 1.165) is 18.9 Å². The minimum atomic E-state index is -1.20. The number of esters is 2. The van der Waals surface area contributed by atoms with Crippen LogP contribution in [0.3, 0.4) is 0 Å². The molecule has 2 fully saturated rings. The maximum atomic E-state index is 11.4. The summed E-state index contributed by atoms with van der Waals surface area (Å²) in [7, 11) is 0. The molecule has 0 aliphatic carbocycles. The third-order valence-corrected chi connectivity index (χ3v) is 3.36. The van der Waals surface area contributed by atoms with Crippen LogP contribution in [0.25, 0.3) is 0 Å². The zero-order valence-electron chi connectivity index (χ0n) is 12.0. The van der Waals surface area contributed by atoms with Gasteiger partial charge in [0.1, 0.15) is 12.0 Å². The van der Waals surface area contributed by atoms with Crippen LogP contribution >= 0.6 is 0 Å². The van der Waals surface area contributed by atoms with E-state index in [1.165, 1.54) is 13.8 Å². The molecule has 0 aromatic heterocycles. The Balaban J connectivity index is 2.36. The maximum absolute atomic E-state index is 11.4. The second kappa shape index (κ2) is 6.26. The van der Waals surface area contributed by atoms with E-state index in [2.05, 4.69) is 0 Å². The molecule has 116 valence electrons. The lowest BCUT2D eigenvalue weighted by Gasteiger charge is -2.36. The van der Waals surface area contributed by atoms with Crippen LogP contribution in [-0.2, 0) is 33.3 Å². The lowest BCUT2D eigenvalue weighted by Crippen LogP contribution is -2.50. The first-order valence-electron chi connectivity index (χ1n) is 6.81. The van der Waals surface area contributed by atoms with Gasteiger partial charge in [-0.3, -0.25) is 14.4 Å². The number of ether oxygens (including phenoxy) is 4. The van der Waals surface area contributed by atoms with Gasteiger partial charge in [-0.15, -0.1) is 0 Å². The third-order valence-electron chi connectivity index (χ3n) is 3.36. The molecule has 2 aliphatic rings. The Morgan fingerprint density at radius 1 is 1.24 bits per heavy atom. The molecule has 2 aliphatic heterocycles. The van der Waals surface area contributed by atoms with Gasteiger partial charge in [0, 0.05) is 26.3 Å². The molecule has 0 aromatic rings. The van der Waals surface area contributed by atoms with Crippen LogP contribution < -0.4 is 0 Å². The molecule has 7 heteroatoms. The lowest BCUT2D eigenvalue weighted by molar-refractivity contribution is -0.263. The number of carbonyl (C=O) groups is 3. The van der Waals surface area contributed by atoms with E-state index >= 15 is 0 Å². The van der Waals surface area contributed by atoms with E-state index in [9.17, 15) is 14.4 Å². The number of allylic oxidation sites excluding steroid dienone is 1. The topological polar surface area (TPSA) is 88.1 Å². The minimum absolute atomic E-state index is 0.133. The van der Waals surface area contributed by atoms with Gasteiger partial charge < -0.3 is 18.9 Å². The Labute approximate surface area is 122 Å². The number of aldehydes is 1. The Morgan fingerprint density at radius 3 is 2.48 bits per heavy atom. The van der Waals surface area contributed by atoms with E-state index in [1.807, 2.05) is 0 Å². The summed E-state index contributed by atoms with van der Waals surface area (Å²) in [5.41, 5.74) is 0. The molecule has 2 saturated heterocycles. The molecule has 0 unspecified atom stereocenters. The van der Waals surface area contributed by atoms with Crippen LogP contribution in [0, 0.1) is 0 Å². The highest BCUT2D eigenvalue weighted by Gasteiger charge is 2.59. The van der Waals surface area contributed by atoms with E-state index < -0.39 is 29.9 Å². The highest BCUT2D eigenvalue weighted by atomic mass is 16.7. The van der Waals surface area contributed by atoms with Crippen molar-refractivity contribution in [3.63, 3.8) is 0 Å². The van der Waals surface area contributed by atoms with Crippen LogP contribution in [0.15, 0.2) is 11.8 Å². The van der Waals surface area contributed by atoms with E-state index in [4.69, 9.17) is 18.9 Å². The normalized spacial score (nSPS) is 33.5. The van der Waals surface area contributed by atoms with Crippen LogP contribution in [0.2, 0.25) is 0 Å². The molecule has 2 rings (SSSR count). The first-order valence-corrected chi connectivity index (χ1v) is 6.81. The Hall–Kier alpha value is -1.89. The van der Waals surface area contributed by atoms with E-state index in [-0.39, 0.29) is 5.76 Å². The Morgan fingerprint density at radius 2 is 1.95 bits per heavy atom. The Kier molecular flexibility index (Phi) is 4.62. The molecule has 0 amide bonds. The largest absolute Gasteiger partial charge is 0.458 e. The van der Waals surface area contributed by atoms with Gasteiger partial charge in [-0.2, -0.15) is 0 Å². The van der Waals surface area contributed by atoms with Crippen LogP contribution in [0.4, 0.5) is 0 Å². The quantitative estimate of drug-likeness (QED) is 0.434.